The molecule has 0 radical (unpaired) electrons. The van der Waals surface area contributed by atoms with E-state index in [0.29, 0.717) is 6.42 Å². The zero-order chi connectivity index (χ0) is 23.8. The minimum atomic E-state index is -5.04. The number of ether oxygens (including phenoxy) is 2. The van der Waals surface area contributed by atoms with Gasteiger partial charge in [-0.25, -0.2) is 4.57 Å². The summed E-state index contributed by atoms with van der Waals surface area (Å²) in [6.07, 6.45) is -11.7. The molecule has 182 valence electrons. The largest absolute Gasteiger partial charge is 0.472 e. The van der Waals surface area contributed by atoms with Crippen molar-refractivity contribution in [2.45, 2.75) is 82.3 Å². The van der Waals surface area contributed by atoms with Crippen LogP contribution in [-0.4, -0.2) is 98.3 Å². The van der Waals surface area contributed by atoms with E-state index in [0.717, 1.165) is 6.42 Å². The van der Waals surface area contributed by atoms with Gasteiger partial charge in [0.15, 0.2) is 6.10 Å². The number of aliphatic hydroxyl groups is 5. The van der Waals surface area contributed by atoms with Crippen molar-refractivity contribution in [2.24, 2.45) is 0 Å². The van der Waals surface area contributed by atoms with E-state index in [9.17, 15) is 44.6 Å². The second-order valence-corrected chi connectivity index (χ2v) is 8.45. The average molecular weight is 474 g/mol. The third-order valence-electron chi connectivity index (χ3n) is 4.50. The van der Waals surface area contributed by atoms with Gasteiger partial charge in [0.1, 0.15) is 43.2 Å². The van der Waals surface area contributed by atoms with E-state index in [2.05, 4.69) is 4.52 Å². The van der Waals surface area contributed by atoms with Crippen LogP contribution in [0.4, 0.5) is 0 Å². The SMILES string of the molecule is CCCCC(=O)OC(COC(=O)CC)COP(=O)(O)OC1C(O)C(O)C(O)C(O)C1O. The number of phosphoric acid groups is 1. The first-order chi connectivity index (χ1) is 14.4. The summed E-state index contributed by atoms with van der Waals surface area (Å²) < 4.78 is 31.6. The van der Waals surface area contributed by atoms with Gasteiger partial charge in [0.25, 0.3) is 0 Å². The first kappa shape index (κ1) is 27.9. The number of rotatable bonds is 12. The Hall–Kier alpha value is -1.15. The van der Waals surface area contributed by atoms with Gasteiger partial charge in [-0.15, -0.1) is 0 Å². The number of carbonyl (C=O) groups is 2. The molecule has 14 heteroatoms. The molecule has 0 bridgehead atoms. The Bertz CT molecular complexity index is 613. The fraction of sp³-hybridized carbons (Fsp3) is 0.882. The number of aliphatic hydroxyl groups excluding tert-OH is 5. The summed E-state index contributed by atoms with van der Waals surface area (Å²) in [5.41, 5.74) is 0. The summed E-state index contributed by atoms with van der Waals surface area (Å²) in [5, 5.41) is 48.6. The summed E-state index contributed by atoms with van der Waals surface area (Å²) in [4.78, 5) is 33.1. The van der Waals surface area contributed by atoms with Crippen molar-refractivity contribution in [3.05, 3.63) is 0 Å². The number of esters is 2. The maximum Gasteiger partial charge on any atom is 0.472 e. The molecule has 0 saturated heterocycles. The first-order valence-corrected chi connectivity index (χ1v) is 11.3. The van der Waals surface area contributed by atoms with E-state index in [1.54, 1.807) is 0 Å². The van der Waals surface area contributed by atoms with Crippen LogP contribution in [-0.2, 0) is 32.7 Å². The molecule has 1 aliphatic rings. The van der Waals surface area contributed by atoms with Crippen molar-refractivity contribution in [1.29, 1.82) is 0 Å². The zero-order valence-electron chi connectivity index (χ0n) is 17.3. The van der Waals surface area contributed by atoms with Crippen LogP contribution < -0.4 is 0 Å². The molecule has 6 unspecified atom stereocenters. The molecule has 0 aromatic carbocycles. The van der Waals surface area contributed by atoms with Crippen LogP contribution in [0.3, 0.4) is 0 Å². The number of hydrogen-bond acceptors (Lipinski definition) is 12. The van der Waals surface area contributed by atoms with Gasteiger partial charge in [-0.2, -0.15) is 0 Å². The first-order valence-electron chi connectivity index (χ1n) is 9.84. The van der Waals surface area contributed by atoms with Crippen LogP contribution >= 0.6 is 7.82 Å². The molecule has 0 aromatic heterocycles. The molecular formula is C17H31O13P. The van der Waals surface area contributed by atoms with Crippen LogP contribution in [0, 0.1) is 0 Å². The fourth-order valence-electron chi connectivity index (χ4n) is 2.65. The smallest absolute Gasteiger partial charge is 0.462 e. The number of carbonyl (C=O) groups excluding carboxylic acids is 2. The number of phosphoric ester groups is 1. The highest BCUT2D eigenvalue weighted by atomic mass is 31.2. The van der Waals surface area contributed by atoms with Gasteiger partial charge in [-0.1, -0.05) is 20.3 Å². The lowest BCUT2D eigenvalue weighted by atomic mass is 9.85. The summed E-state index contributed by atoms with van der Waals surface area (Å²) in [6.45, 7) is 2.20. The predicted molar refractivity (Wildman–Crippen MR) is 101 cm³/mol. The van der Waals surface area contributed by atoms with Crippen molar-refractivity contribution >= 4 is 19.8 Å². The molecule has 31 heavy (non-hydrogen) atoms. The Morgan fingerprint density at radius 3 is 1.97 bits per heavy atom. The predicted octanol–water partition coefficient (Wildman–Crippen LogP) is -1.64. The molecule has 13 nitrogen and oxygen atoms in total. The van der Waals surface area contributed by atoms with E-state index >= 15 is 0 Å². The van der Waals surface area contributed by atoms with Crippen molar-refractivity contribution in [2.75, 3.05) is 13.2 Å². The van der Waals surface area contributed by atoms with Gasteiger partial charge >= 0.3 is 19.8 Å². The third-order valence-corrected chi connectivity index (χ3v) is 5.49. The Kier molecular flexibility index (Phi) is 11.5. The van der Waals surface area contributed by atoms with Gasteiger partial charge < -0.3 is 39.9 Å². The standard InChI is InChI=1S/C17H31O13P/c1-3-5-6-11(19)29-9(7-27-10(18)4-2)8-28-31(25,26)30-17-15(23)13(21)12(20)14(22)16(17)24/h9,12-17,20-24H,3-8H2,1-2H3,(H,25,26). The molecule has 0 spiro atoms. The van der Waals surface area contributed by atoms with Crippen molar-refractivity contribution in [3.8, 4) is 0 Å². The highest BCUT2D eigenvalue weighted by molar-refractivity contribution is 7.47. The zero-order valence-corrected chi connectivity index (χ0v) is 18.2. The number of hydrogen-bond donors (Lipinski definition) is 6. The summed E-state index contributed by atoms with van der Waals surface area (Å²) in [6, 6.07) is 0. The van der Waals surface area contributed by atoms with Crippen molar-refractivity contribution in [3.63, 3.8) is 0 Å². The average Bonchev–Trinajstić information content (AvgIpc) is 2.74. The van der Waals surface area contributed by atoms with Crippen LogP contribution in [0.15, 0.2) is 0 Å². The molecule has 6 atom stereocenters. The highest BCUT2D eigenvalue weighted by Crippen LogP contribution is 2.47. The monoisotopic (exact) mass is 474 g/mol. The maximum absolute atomic E-state index is 12.2. The fourth-order valence-corrected chi connectivity index (χ4v) is 3.63. The maximum atomic E-state index is 12.2. The topological polar surface area (TPSA) is 210 Å². The lowest BCUT2D eigenvalue weighted by molar-refractivity contribution is -0.220. The normalized spacial score (nSPS) is 31.5. The van der Waals surface area contributed by atoms with Crippen LogP contribution in [0.5, 0.6) is 0 Å². The van der Waals surface area contributed by atoms with Crippen LogP contribution in [0.2, 0.25) is 0 Å². The van der Waals surface area contributed by atoms with Crippen molar-refractivity contribution < 1.29 is 63.1 Å². The molecular weight excluding hydrogens is 443 g/mol. The van der Waals surface area contributed by atoms with Crippen LogP contribution in [0.25, 0.3) is 0 Å². The number of unbranched alkanes of at least 4 members (excludes halogenated alkanes) is 1. The van der Waals surface area contributed by atoms with E-state index in [1.165, 1.54) is 6.92 Å². The van der Waals surface area contributed by atoms with Gasteiger partial charge in [0, 0.05) is 12.8 Å². The van der Waals surface area contributed by atoms with Crippen LogP contribution in [0.1, 0.15) is 39.5 Å². The Labute approximate surface area is 179 Å². The minimum absolute atomic E-state index is 0.0485. The third kappa shape index (κ3) is 8.72. The van der Waals surface area contributed by atoms with Gasteiger partial charge in [0.05, 0.1) is 6.61 Å². The molecule has 1 rings (SSSR count). The molecule has 6 N–H and O–H groups in total. The second-order valence-electron chi connectivity index (χ2n) is 7.04. The summed E-state index contributed by atoms with van der Waals surface area (Å²) >= 11 is 0. The molecule has 0 amide bonds. The molecule has 0 heterocycles. The second kappa shape index (κ2) is 12.8. The summed E-state index contributed by atoms with van der Waals surface area (Å²) in [7, 11) is -5.04. The summed E-state index contributed by atoms with van der Waals surface area (Å²) in [5.74, 6) is -1.25. The molecule has 1 aliphatic carbocycles. The lowest BCUT2D eigenvalue weighted by Crippen LogP contribution is -2.64. The quantitative estimate of drug-likeness (QED) is 0.139. The van der Waals surface area contributed by atoms with E-state index in [-0.39, 0.29) is 12.8 Å². The van der Waals surface area contributed by atoms with E-state index in [1.807, 2.05) is 6.92 Å². The molecule has 0 aliphatic heterocycles. The van der Waals surface area contributed by atoms with E-state index < -0.39 is 75.7 Å². The van der Waals surface area contributed by atoms with Gasteiger partial charge in [0.2, 0.25) is 0 Å². The Morgan fingerprint density at radius 2 is 1.45 bits per heavy atom. The molecule has 1 fully saturated rings. The minimum Gasteiger partial charge on any atom is -0.462 e. The molecule has 1 saturated carbocycles. The Morgan fingerprint density at radius 1 is 0.903 bits per heavy atom. The highest BCUT2D eigenvalue weighted by Gasteiger charge is 2.51. The molecule has 0 aromatic rings. The lowest BCUT2D eigenvalue weighted by Gasteiger charge is -2.41. The van der Waals surface area contributed by atoms with Gasteiger partial charge in [-0.05, 0) is 6.42 Å². The van der Waals surface area contributed by atoms with E-state index in [4.69, 9.17) is 14.0 Å². The van der Waals surface area contributed by atoms with Crippen molar-refractivity contribution in [1.82, 2.24) is 0 Å². The van der Waals surface area contributed by atoms with Gasteiger partial charge in [-0.3, -0.25) is 18.6 Å². The Balaban J connectivity index is 2.76.